The van der Waals surface area contributed by atoms with Gasteiger partial charge >= 0.3 is 0 Å². The van der Waals surface area contributed by atoms with E-state index in [1.165, 1.54) is 0 Å². The van der Waals surface area contributed by atoms with Crippen LogP contribution in [0.2, 0.25) is 0 Å². The van der Waals surface area contributed by atoms with Crippen molar-refractivity contribution >= 4 is 27.6 Å². The first kappa shape index (κ1) is 14.7. The standard InChI is InChI=1S/C14H14BrF2N3/c1-2-18-13-11(16)7-12(17)14(20-13)19-8-9-3-5-10(15)6-4-9/h3-7H,2,8H2,1H3,(H2,18,19,20). The lowest BCUT2D eigenvalue weighted by molar-refractivity contribution is 0.578. The molecule has 0 atom stereocenters. The summed E-state index contributed by atoms with van der Waals surface area (Å²) >= 11 is 3.35. The molecule has 3 nitrogen and oxygen atoms in total. The van der Waals surface area contributed by atoms with Gasteiger partial charge < -0.3 is 10.6 Å². The first-order valence-electron chi connectivity index (χ1n) is 6.18. The predicted molar refractivity (Wildman–Crippen MR) is 79.8 cm³/mol. The summed E-state index contributed by atoms with van der Waals surface area (Å²) in [6.07, 6.45) is 0. The Bertz CT molecular complexity index is 588. The molecule has 0 radical (unpaired) electrons. The van der Waals surface area contributed by atoms with Crippen molar-refractivity contribution in [2.45, 2.75) is 13.5 Å². The highest BCUT2D eigenvalue weighted by atomic mass is 79.9. The Balaban J connectivity index is 2.12. The summed E-state index contributed by atoms with van der Waals surface area (Å²) in [5.41, 5.74) is 0.976. The first-order valence-corrected chi connectivity index (χ1v) is 6.97. The molecule has 1 aromatic heterocycles. The van der Waals surface area contributed by atoms with Crippen molar-refractivity contribution in [3.05, 3.63) is 52.0 Å². The average molecular weight is 342 g/mol. The van der Waals surface area contributed by atoms with Gasteiger partial charge in [0.15, 0.2) is 23.3 Å². The molecule has 106 valence electrons. The number of anilines is 2. The van der Waals surface area contributed by atoms with Crippen molar-refractivity contribution in [2.24, 2.45) is 0 Å². The third-order valence-corrected chi connectivity index (χ3v) is 3.18. The topological polar surface area (TPSA) is 37.0 Å². The van der Waals surface area contributed by atoms with Crippen molar-refractivity contribution in [1.82, 2.24) is 4.98 Å². The third-order valence-electron chi connectivity index (χ3n) is 2.65. The van der Waals surface area contributed by atoms with Gasteiger partial charge in [-0.3, -0.25) is 0 Å². The number of nitrogens with one attached hydrogen (secondary N) is 2. The number of pyridine rings is 1. The zero-order valence-electron chi connectivity index (χ0n) is 10.9. The van der Waals surface area contributed by atoms with Crippen LogP contribution in [0.5, 0.6) is 0 Å². The smallest absolute Gasteiger partial charge is 0.168 e. The van der Waals surface area contributed by atoms with Gasteiger partial charge in [0.1, 0.15) is 0 Å². The molecule has 0 unspecified atom stereocenters. The summed E-state index contributed by atoms with van der Waals surface area (Å²) in [5.74, 6) is -1.32. The maximum atomic E-state index is 13.6. The lowest BCUT2D eigenvalue weighted by Gasteiger charge is -2.10. The van der Waals surface area contributed by atoms with E-state index >= 15 is 0 Å². The van der Waals surface area contributed by atoms with Gasteiger partial charge in [0, 0.05) is 23.6 Å². The van der Waals surface area contributed by atoms with Gasteiger partial charge in [0.05, 0.1) is 0 Å². The van der Waals surface area contributed by atoms with Crippen molar-refractivity contribution in [3.8, 4) is 0 Å². The summed E-state index contributed by atoms with van der Waals surface area (Å²) in [7, 11) is 0. The highest BCUT2D eigenvalue weighted by Crippen LogP contribution is 2.20. The molecule has 0 aliphatic carbocycles. The zero-order chi connectivity index (χ0) is 14.5. The number of hydrogen-bond donors (Lipinski definition) is 2. The highest BCUT2D eigenvalue weighted by molar-refractivity contribution is 9.10. The Morgan fingerprint density at radius 3 is 2.25 bits per heavy atom. The average Bonchev–Trinajstić information content (AvgIpc) is 2.42. The lowest BCUT2D eigenvalue weighted by Crippen LogP contribution is -2.08. The molecule has 1 aromatic carbocycles. The SMILES string of the molecule is CCNc1nc(NCc2ccc(Br)cc2)c(F)cc1F. The van der Waals surface area contributed by atoms with Crippen molar-refractivity contribution < 1.29 is 8.78 Å². The van der Waals surface area contributed by atoms with E-state index in [0.29, 0.717) is 13.1 Å². The number of nitrogens with zero attached hydrogens (tertiary/aromatic N) is 1. The van der Waals surface area contributed by atoms with Gasteiger partial charge in [-0.1, -0.05) is 28.1 Å². The minimum Gasteiger partial charge on any atom is -0.368 e. The molecule has 0 saturated carbocycles. The number of rotatable bonds is 5. The molecule has 0 amide bonds. The van der Waals surface area contributed by atoms with Crippen molar-refractivity contribution in [2.75, 3.05) is 17.2 Å². The summed E-state index contributed by atoms with van der Waals surface area (Å²) in [6, 6.07) is 8.44. The summed E-state index contributed by atoms with van der Waals surface area (Å²) in [6.45, 7) is 2.75. The second-order valence-corrected chi connectivity index (χ2v) is 5.08. The summed E-state index contributed by atoms with van der Waals surface area (Å²) in [5, 5.41) is 5.62. The molecule has 0 saturated heterocycles. The van der Waals surface area contributed by atoms with E-state index in [4.69, 9.17) is 0 Å². The number of aromatic nitrogens is 1. The minimum absolute atomic E-state index is 0.0327. The van der Waals surface area contributed by atoms with Crippen LogP contribution in [0.3, 0.4) is 0 Å². The second kappa shape index (κ2) is 6.65. The van der Waals surface area contributed by atoms with Crippen LogP contribution >= 0.6 is 15.9 Å². The highest BCUT2D eigenvalue weighted by Gasteiger charge is 2.11. The number of halogens is 3. The fourth-order valence-electron chi connectivity index (χ4n) is 1.67. The maximum Gasteiger partial charge on any atom is 0.168 e. The van der Waals surface area contributed by atoms with Gasteiger partial charge in [-0.2, -0.15) is 0 Å². The van der Waals surface area contributed by atoms with Crippen molar-refractivity contribution in [3.63, 3.8) is 0 Å². The molecular weight excluding hydrogens is 328 g/mol. The second-order valence-electron chi connectivity index (χ2n) is 4.16. The van der Waals surface area contributed by atoms with Crippen LogP contribution in [0.1, 0.15) is 12.5 Å². The van der Waals surface area contributed by atoms with Crippen LogP contribution in [0.15, 0.2) is 34.8 Å². The first-order chi connectivity index (χ1) is 9.60. The maximum absolute atomic E-state index is 13.6. The van der Waals surface area contributed by atoms with E-state index in [1.54, 1.807) is 0 Å². The Labute approximate surface area is 124 Å². The van der Waals surface area contributed by atoms with Crippen LogP contribution in [0.25, 0.3) is 0 Å². The van der Waals surface area contributed by atoms with Crippen LogP contribution in [-0.2, 0) is 6.54 Å². The van der Waals surface area contributed by atoms with Gasteiger partial charge in [-0.25, -0.2) is 13.8 Å². The third kappa shape index (κ3) is 3.66. The van der Waals surface area contributed by atoms with E-state index in [9.17, 15) is 8.78 Å². The monoisotopic (exact) mass is 341 g/mol. The van der Waals surface area contributed by atoms with E-state index in [0.717, 1.165) is 16.1 Å². The molecule has 2 rings (SSSR count). The Morgan fingerprint density at radius 2 is 1.65 bits per heavy atom. The van der Waals surface area contributed by atoms with Gasteiger partial charge in [-0.15, -0.1) is 0 Å². The van der Waals surface area contributed by atoms with E-state index in [2.05, 4.69) is 31.5 Å². The Hall–Kier alpha value is -1.69. The molecule has 0 aliphatic heterocycles. The number of benzene rings is 1. The van der Waals surface area contributed by atoms with E-state index < -0.39 is 11.6 Å². The van der Waals surface area contributed by atoms with E-state index in [1.807, 2.05) is 31.2 Å². The van der Waals surface area contributed by atoms with Crippen LogP contribution < -0.4 is 10.6 Å². The fourth-order valence-corrected chi connectivity index (χ4v) is 1.93. The van der Waals surface area contributed by atoms with Gasteiger partial charge in [0.2, 0.25) is 0 Å². The molecule has 0 bridgehead atoms. The molecule has 0 fully saturated rings. The van der Waals surface area contributed by atoms with Gasteiger partial charge in [0.25, 0.3) is 0 Å². The molecule has 2 aromatic rings. The van der Waals surface area contributed by atoms with Crippen LogP contribution in [0.4, 0.5) is 20.4 Å². The fraction of sp³-hybridized carbons (Fsp3) is 0.214. The van der Waals surface area contributed by atoms with Gasteiger partial charge in [-0.05, 0) is 24.6 Å². The predicted octanol–water partition coefficient (Wildman–Crippen LogP) is 4.17. The molecular formula is C14H14BrF2N3. The molecule has 0 spiro atoms. The normalized spacial score (nSPS) is 10.4. The molecule has 2 N–H and O–H groups in total. The molecule has 0 aliphatic rings. The van der Waals surface area contributed by atoms with E-state index in [-0.39, 0.29) is 11.6 Å². The van der Waals surface area contributed by atoms with Crippen LogP contribution in [-0.4, -0.2) is 11.5 Å². The molecule has 1 heterocycles. The summed E-state index contributed by atoms with van der Waals surface area (Å²) < 4.78 is 28.0. The lowest BCUT2D eigenvalue weighted by atomic mass is 10.2. The molecule has 6 heteroatoms. The zero-order valence-corrected chi connectivity index (χ0v) is 12.5. The quantitative estimate of drug-likeness (QED) is 0.857. The van der Waals surface area contributed by atoms with Crippen molar-refractivity contribution in [1.29, 1.82) is 0 Å². The Morgan fingerprint density at radius 1 is 1.05 bits per heavy atom. The molecule has 20 heavy (non-hydrogen) atoms. The number of hydrogen-bond acceptors (Lipinski definition) is 3. The largest absolute Gasteiger partial charge is 0.368 e. The minimum atomic E-state index is -0.707. The van der Waals surface area contributed by atoms with Crippen LogP contribution in [0, 0.1) is 11.6 Å². The Kier molecular flexibility index (Phi) is 4.89. The summed E-state index contributed by atoms with van der Waals surface area (Å²) in [4.78, 5) is 3.91.